The molecule has 0 saturated heterocycles. The Labute approximate surface area is 87.8 Å². The molecule has 76 valence electrons. The molecule has 4 heteroatoms. The lowest BCUT2D eigenvalue weighted by molar-refractivity contribution is 0.169. The van der Waals surface area contributed by atoms with Gasteiger partial charge < -0.3 is 15.2 Å². The summed E-state index contributed by atoms with van der Waals surface area (Å²) in [6.07, 6.45) is 0. The third-order valence-corrected chi connectivity index (χ3v) is 2.48. The van der Waals surface area contributed by atoms with E-state index in [4.69, 9.17) is 26.8 Å². The number of benzene rings is 1. The van der Waals surface area contributed by atoms with Crippen molar-refractivity contribution in [2.24, 2.45) is 5.73 Å². The van der Waals surface area contributed by atoms with Crippen molar-refractivity contribution in [3.8, 4) is 11.5 Å². The van der Waals surface area contributed by atoms with Crippen LogP contribution in [0.25, 0.3) is 0 Å². The fraction of sp³-hybridized carbons (Fsp3) is 0.400. The van der Waals surface area contributed by atoms with Crippen molar-refractivity contribution in [3.63, 3.8) is 0 Å². The van der Waals surface area contributed by atoms with Gasteiger partial charge in [0.15, 0.2) is 11.5 Å². The molecule has 0 aromatic heterocycles. The molecular formula is C10H12ClNO2. The van der Waals surface area contributed by atoms with Crippen molar-refractivity contribution in [2.45, 2.75) is 13.0 Å². The number of fused-ring (bicyclic) bond motifs is 1. The first-order valence-corrected chi connectivity index (χ1v) is 4.91. The molecule has 14 heavy (non-hydrogen) atoms. The van der Waals surface area contributed by atoms with Gasteiger partial charge in [-0.2, -0.15) is 0 Å². The quantitative estimate of drug-likeness (QED) is 0.777. The van der Waals surface area contributed by atoms with Gasteiger partial charge in [0.25, 0.3) is 0 Å². The van der Waals surface area contributed by atoms with Gasteiger partial charge >= 0.3 is 0 Å². The standard InChI is InChI=1S/C10H12ClNO2/c1-6(12)9-7(11)2-3-8-10(9)14-5-4-13-8/h2-3,6H,4-5,12H2,1H3. The first kappa shape index (κ1) is 9.62. The van der Waals surface area contributed by atoms with Crippen molar-refractivity contribution in [1.29, 1.82) is 0 Å². The molecule has 1 unspecified atom stereocenters. The van der Waals surface area contributed by atoms with Gasteiger partial charge in [0, 0.05) is 16.6 Å². The summed E-state index contributed by atoms with van der Waals surface area (Å²) < 4.78 is 10.9. The molecule has 0 fully saturated rings. The average Bonchev–Trinajstić information content (AvgIpc) is 2.17. The highest BCUT2D eigenvalue weighted by atomic mass is 35.5. The second kappa shape index (κ2) is 3.67. The van der Waals surface area contributed by atoms with Gasteiger partial charge in [0.2, 0.25) is 0 Å². The van der Waals surface area contributed by atoms with E-state index in [0.717, 1.165) is 11.3 Å². The van der Waals surface area contributed by atoms with Crippen molar-refractivity contribution in [1.82, 2.24) is 0 Å². The molecule has 0 saturated carbocycles. The highest BCUT2D eigenvalue weighted by Crippen LogP contribution is 2.40. The molecule has 0 radical (unpaired) electrons. The smallest absolute Gasteiger partial charge is 0.167 e. The van der Waals surface area contributed by atoms with E-state index < -0.39 is 0 Å². The Kier molecular flexibility index (Phi) is 2.52. The highest BCUT2D eigenvalue weighted by Gasteiger charge is 2.20. The van der Waals surface area contributed by atoms with Crippen LogP contribution in [0.5, 0.6) is 11.5 Å². The summed E-state index contributed by atoms with van der Waals surface area (Å²) in [7, 11) is 0. The summed E-state index contributed by atoms with van der Waals surface area (Å²) in [6, 6.07) is 3.44. The molecule has 1 atom stereocenters. The number of rotatable bonds is 1. The number of hydrogen-bond acceptors (Lipinski definition) is 3. The van der Waals surface area contributed by atoms with Crippen LogP contribution in [0, 0.1) is 0 Å². The number of hydrogen-bond donors (Lipinski definition) is 1. The van der Waals surface area contributed by atoms with E-state index in [9.17, 15) is 0 Å². The molecule has 0 aliphatic carbocycles. The lowest BCUT2D eigenvalue weighted by atomic mass is 10.1. The molecule has 0 amide bonds. The summed E-state index contributed by atoms with van der Waals surface area (Å²) in [4.78, 5) is 0. The predicted molar refractivity (Wildman–Crippen MR) is 55.0 cm³/mol. The Morgan fingerprint density at radius 3 is 2.79 bits per heavy atom. The van der Waals surface area contributed by atoms with Crippen LogP contribution in [0.3, 0.4) is 0 Å². The molecule has 1 aliphatic heterocycles. The van der Waals surface area contributed by atoms with Gasteiger partial charge in [-0.1, -0.05) is 11.6 Å². The highest BCUT2D eigenvalue weighted by molar-refractivity contribution is 6.31. The lowest BCUT2D eigenvalue weighted by Crippen LogP contribution is -2.18. The van der Waals surface area contributed by atoms with Gasteiger partial charge in [0.1, 0.15) is 13.2 Å². The third kappa shape index (κ3) is 1.53. The van der Waals surface area contributed by atoms with Gasteiger partial charge in [-0.3, -0.25) is 0 Å². The van der Waals surface area contributed by atoms with E-state index in [0.29, 0.717) is 24.0 Å². The van der Waals surface area contributed by atoms with Crippen molar-refractivity contribution < 1.29 is 9.47 Å². The molecule has 1 aromatic carbocycles. The summed E-state index contributed by atoms with van der Waals surface area (Å²) in [5, 5.41) is 0.629. The Morgan fingerprint density at radius 2 is 2.07 bits per heavy atom. The van der Waals surface area contributed by atoms with Crippen LogP contribution in [0.15, 0.2) is 12.1 Å². The number of nitrogens with two attached hydrogens (primary N) is 1. The molecule has 0 spiro atoms. The van der Waals surface area contributed by atoms with Crippen LogP contribution < -0.4 is 15.2 Å². The summed E-state index contributed by atoms with van der Waals surface area (Å²) in [5.74, 6) is 1.42. The monoisotopic (exact) mass is 213 g/mol. The van der Waals surface area contributed by atoms with Crippen LogP contribution in [-0.4, -0.2) is 13.2 Å². The van der Waals surface area contributed by atoms with Gasteiger partial charge in [-0.25, -0.2) is 0 Å². The van der Waals surface area contributed by atoms with Gasteiger partial charge in [0.05, 0.1) is 0 Å². The van der Waals surface area contributed by atoms with Crippen LogP contribution >= 0.6 is 11.6 Å². The topological polar surface area (TPSA) is 44.5 Å². The van der Waals surface area contributed by atoms with Crippen LogP contribution in [0.2, 0.25) is 5.02 Å². The molecule has 1 aliphatic rings. The number of halogens is 1. The first-order chi connectivity index (χ1) is 6.70. The van der Waals surface area contributed by atoms with Gasteiger partial charge in [-0.05, 0) is 19.1 Å². The van der Waals surface area contributed by atoms with Crippen molar-refractivity contribution >= 4 is 11.6 Å². The Balaban J connectivity index is 2.55. The van der Waals surface area contributed by atoms with E-state index in [-0.39, 0.29) is 6.04 Å². The maximum Gasteiger partial charge on any atom is 0.167 e. The van der Waals surface area contributed by atoms with E-state index in [1.54, 1.807) is 6.07 Å². The maximum absolute atomic E-state index is 6.04. The lowest BCUT2D eigenvalue weighted by Gasteiger charge is -2.23. The average molecular weight is 214 g/mol. The zero-order valence-corrected chi connectivity index (χ0v) is 8.67. The SMILES string of the molecule is CC(N)c1c(Cl)ccc2c1OCCO2. The fourth-order valence-electron chi connectivity index (χ4n) is 1.54. The van der Waals surface area contributed by atoms with E-state index in [2.05, 4.69) is 0 Å². The van der Waals surface area contributed by atoms with Crippen LogP contribution in [0.4, 0.5) is 0 Å². The minimum atomic E-state index is -0.154. The second-order valence-corrected chi connectivity index (χ2v) is 3.68. The largest absolute Gasteiger partial charge is 0.486 e. The molecule has 2 rings (SSSR count). The van der Waals surface area contributed by atoms with E-state index in [1.807, 2.05) is 13.0 Å². The fourth-order valence-corrected chi connectivity index (χ4v) is 1.86. The van der Waals surface area contributed by atoms with Crippen LogP contribution in [-0.2, 0) is 0 Å². The Hall–Kier alpha value is -0.930. The summed E-state index contributed by atoms with van der Waals surface area (Å²) in [6.45, 7) is 3.00. The van der Waals surface area contributed by atoms with E-state index >= 15 is 0 Å². The number of ether oxygens (including phenoxy) is 2. The van der Waals surface area contributed by atoms with Gasteiger partial charge in [-0.15, -0.1) is 0 Å². The minimum Gasteiger partial charge on any atom is -0.486 e. The zero-order chi connectivity index (χ0) is 10.1. The normalized spacial score (nSPS) is 16.5. The van der Waals surface area contributed by atoms with Crippen molar-refractivity contribution in [3.05, 3.63) is 22.7 Å². The second-order valence-electron chi connectivity index (χ2n) is 3.27. The third-order valence-electron chi connectivity index (χ3n) is 2.15. The molecule has 2 N–H and O–H groups in total. The molecule has 3 nitrogen and oxygen atoms in total. The zero-order valence-electron chi connectivity index (χ0n) is 7.92. The van der Waals surface area contributed by atoms with E-state index in [1.165, 1.54) is 0 Å². The summed E-state index contributed by atoms with van der Waals surface area (Å²) in [5.41, 5.74) is 6.64. The maximum atomic E-state index is 6.04. The summed E-state index contributed by atoms with van der Waals surface area (Å²) >= 11 is 6.04. The Morgan fingerprint density at radius 1 is 1.36 bits per heavy atom. The minimum absolute atomic E-state index is 0.154. The van der Waals surface area contributed by atoms with Crippen LogP contribution in [0.1, 0.15) is 18.5 Å². The Bertz CT molecular complexity index is 352. The predicted octanol–water partition coefficient (Wildman–Crippen LogP) is 2.13. The first-order valence-electron chi connectivity index (χ1n) is 4.53. The van der Waals surface area contributed by atoms with Crippen molar-refractivity contribution in [2.75, 3.05) is 13.2 Å². The molecular weight excluding hydrogens is 202 g/mol. The molecule has 1 aromatic rings. The molecule has 1 heterocycles. The molecule has 0 bridgehead atoms.